The molecule has 1 aromatic heterocycles. The number of sulfone groups is 1. The fourth-order valence-corrected chi connectivity index (χ4v) is 5.79. The normalized spacial score (nSPS) is 21.7. The third-order valence-electron chi connectivity index (χ3n) is 5.38. The van der Waals surface area contributed by atoms with Crippen molar-refractivity contribution >= 4 is 37.0 Å². The predicted octanol–water partition coefficient (Wildman–Crippen LogP) is 4.64. The van der Waals surface area contributed by atoms with Gasteiger partial charge < -0.3 is 0 Å². The van der Waals surface area contributed by atoms with E-state index in [2.05, 4.69) is 29.6 Å². The molecule has 1 aliphatic carbocycles. The number of carbonyl (C=O) groups is 1. The molecule has 0 N–H and O–H groups in total. The number of hydrogen-bond donors (Lipinski definition) is 0. The zero-order valence-corrected chi connectivity index (χ0v) is 16.5. The molecule has 136 valence electrons. The first-order chi connectivity index (χ1) is 11.8. The van der Waals surface area contributed by atoms with Crippen LogP contribution >= 0.6 is 11.3 Å². The number of hydrogen-bond acceptors (Lipinski definition) is 4. The molecule has 1 aromatic carbocycles. The molecular weight excluding hydrogens is 352 g/mol. The smallest absolute Gasteiger partial charge is 0.152 e. The summed E-state index contributed by atoms with van der Waals surface area (Å²) in [6, 6.07) is 8.35. The summed E-state index contributed by atoms with van der Waals surface area (Å²) in [6.45, 7) is 3.49. The maximum absolute atomic E-state index is 12.6. The van der Waals surface area contributed by atoms with Gasteiger partial charge >= 0.3 is 0 Å². The third-order valence-corrected chi connectivity index (χ3v) is 8.65. The number of ketones is 1. The van der Waals surface area contributed by atoms with Crippen molar-refractivity contribution in [3.05, 3.63) is 35.2 Å². The van der Waals surface area contributed by atoms with Crippen LogP contribution in [0.2, 0.25) is 0 Å². The summed E-state index contributed by atoms with van der Waals surface area (Å²) in [4.78, 5) is 12.6. The van der Waals surface area contributed by atoms with Gasteiger partial charge in [-0.25, -0.2) is 8.42 Å². The number of thiophene rings is 1. The van der Waals surface area contributed by atoms with Crippen LogP contribution in [-0.4, -0.2) is 25.2 Å². The van der Waals surface area contributed by atoms with Crippen molar-refractivity contribution < 1.29 is 13.2 Å². The minimum absolute atomic E-state index is 0.0937. The summed E-state index contributed by atoms with van der Waals surface area (Å²) in [5.74, 6) is 0.898. The fraction of sp³-hybridized carbons (Fsp3) is 0.550. The van der Waals surface area contributed by atoms with Gasteiger partial charge in [-0.2, -0.15) is 0 Å². The summed E-state index contributed by atoms with van der Waals surface area (Å²) in [5, 5.41) is 2.97. The zero-order valence-electron chi connectivity index (χ0n) is 14.9. The molecule has 0 spiro atoms. The van der Waals surface area contributed by atoms with E-state index in [4.69, 9.17) is 0 Å². The molecule has 25 heavy (non-hydrogen) atoms. The Morgan fingerprint density at radius 2 is 1.88 bits per heavy atom. The molecule has 5 heteroatoms. The van der Waals surface area contributed by atoms with Crippen LogP contribution in [0.25, 0.3) is 10.1 Å². The van der Waals surface area contributed by atoms with Gasteiger partial charge in [-0.3, -0.25) is 4.79 Å². The molecule has 1 heterocycles. The number of carbonyl (C=O) groups excluding carboxylic acids is 1. The first kappa shape index (κ1) is 18.6. The van der Waals surface area contributed by atoms with Gasteiger partial charge in [0.1, 0.15) is 5.78 Å². The molecule has 0 saturated heterocycles. The van der Waals surface area contributed by atoms with Gasteiger partial charge in [0.2, 0.25) is 0 Å². The van der Waals surface area contributed by atoms with Gasteiger partial charge in [0.25, 0.3) is 0 Å². The molecule has 0 unspecified atom stereocenters. The second-order valence-electron chi connectivity index (χ2n) is 7.53. The van der Waals surface area contributed by atoms with Crippen LogP contribution in [0, 0.1) is 11.8 Å². The Balaban J connectivity index is 1.54. The van der Waals surface area contributed by atoms with Gasteiger partial charge in [0, 0.05) is 17.0 Å². The number of rotatable bonds is 6. The number of benzene rings is 1. The Morgan fingerprint density at radius 1 is 1.16 bits per heavy atom. The molecule has 3 rings (SSSR count). The highest BCUT2D eigenvalue weighted by atomic mass is 32.2. The van der Waals surface area contributed by atoms with E-state index in [9.17, 15) is 13.2 Å². The average Bonchev–Trinajstić information content (AvgIpc) is 3.02. The Hall–Kier alpha value is -1.20. The van der Waals surface area contributed by atoms with Crippen LogP contribution in [0.15, 0.2) is 29.6 Å². The number of Topliss-reactive ketones (excluding diaryl/α,β-unsaturated/α-hetero) is 1. The summed E-state index contributed by atoms with van der Waals surface area (Å²) in [7, 11) is -2.98. The molecular formula is C20H26O3S2. The third kappa shape index (κ3) is 4.50. The van der Waals surface area contributed by atoms with E-state index in [1.807, 2.05) is 0 Å². The molecule has 0 aliphatic heterocycles. The van der Waals surface area contributed by atoms with Crippen LogP contribution in [0.5, 0.6) is 0 Å². The molecule has 1 fully saturated rings. The van der Waals surface area contributed by atoms with E-state index < -0.39 is 9.84 Å². The average molecular weight is 379 g/mol. The van der Waals surface area contributed by atoms with Crippen LogP contribution in [0.3, 0.4) is 0 Å². The molecule has 0 amide bonds. The SMILES string of the molecule is CC(C)S(=O)(=O)CC1CCC(C(=O)Cc2ccc3sccc3c2)CC1. The van der Waals surface area contributed by atoms with Crippen LogP contribution in [-0.2, 0) is 21.1 Å². The lowest BCUT2D eigenvalue weighted by molar-refractivity contribution is -0.123. The predicted molar refractivity (Wildman–Crippen MR) is 105 cm³/mol. The van der Waals surface area contributed by atoms with E-state index in [1.165, 1.54) is 10.1 Å². The van der Waals surface area contributed by atoms with Gasteiger partial charge in [-0.1, -0.05) is 6.07 Å². The monoisotopic (exact) mass is 378 g/mol. The van der Waals surface area contributed by atoms with Crippen molar-refractivity contribution in [2.45, 2.75) is 51.2 Å². The van der Waals surface area contributed by atoms with Gasteiger partial charge in [-0.05, 0) is 80.0 Å². The molecule has 1 aliphatic rings. The van der Waals surface area contributed by atoms with Crippen molar-refractivity contribution in [2.24, 2.45) is 11.8 Å². The van der Waals surface area contributed by atoms with E-state index in [-0.39, 0.29) is 22.8 Å². The first-order valence-electron chi connectivity index (χ1n) is 9.05. The highest BCUT2D eigenvalue weighted by Gasteiger charge is 2.29. The van der Waals surface area contributed by atoms with Crippen molar-refractivity contribution in [2.75, 3.05) is 5.75 Å². The lowest BCUT2D eigenvalue weighted by Gasteiger charge is -2.28. The van der Waals surface area contributed by atoms with Gasteiger partial charge in [0.05, 0.1) is 11.0 Å². The van der Waals surface area contributed by atoms with Crippen LogP contribution in [0.4, 0.5) is 0 Å². The van der Waals surface area contributed by atoms with E-state index >= 15 is 0 Å². The standard InChI is InChI=1S/C20H26O3S2/c1-14(2)25(22,23)13-15-3-6-17(7-4-15)19(21)12-16-5-8-20-18(11-16)9-10-24-20/h5,8-11,14-15,17H,3-4,6-7,12-13H2,1-2H3. The van der Waals surface area contributed by atoms with Crippen molar-refractivity contribution in [3.63, 3.8) is 0 Å². The quantitative estimate of drug-likeness (QED) is 0.735. The Bertz CT molecular complexity index is 841. The largest absolute Gasteiger partial charge is 0.299 e. The first-order valence-corrected chi connectivity index (χ1v) is 11.6. The zero-order chi connectivity index (χ0) is 18.0. The summed E-state index contributed by atoms with van der Waals surface area (Å²) < 4.78 is 25.4. The Morgan fingerprint density at radius 3 is 2.56 bits per heavy atom. The minimum atomic E-state index is -2.98. The maximum atomic E-state index is 12.6. The van der Waals surface area contributed by atoms with E-state index in [1.54, 1.807) is 25.2 Å². The summed E-state index contributed by atoms with van der Waals surface area (Å²) >= 11 is 1.72. The molecule has 0 radical (unpaired) electrons. The second kappa shape index (κ2) is 7.58. The van der Waals surface area contributed by atoms with Crippen LogP contribution in [0.1, 0.15) is 45.1 Å². The Kier molecular flexibility index (Phi) is 5.64. The molecule has 1 saturated carbocycles. The van der Waals surface area contributed by atoms with Gasteiger partial charge in [-0.15, -0.1) is 11.3 Å². The highest BCUT2D eigenvalue weighted by molar-refractivity contribution is 7.91. The number of fused-ring (bicyclic) bond motifs is 1. The molecule has 3 nitrogen and oxygen atoms in total. The van der Waals surface area contributed by atoms with E-state index in [0.29, 0.717) is 12.2 Å². The van der Waals surface area contributed by atoms with E-state index in [0.717, 1.165) is 31.2 Å². The second-order valence-corrected chi connectivity index (χ2v) is 11.1. The summed E-state index contributed by atoms with van der Waals surface area (Å²) in [5.41, 5.74) is 1.08. The van der Waals surface area contributed by atoms with Crippen molar-refractivity contribution in [1.29, 1.82) is 0 Å². The lowest BCUT2D eigenvalue weighted by atomic mass is 9.79. The topological polar surface area (TPSA) is 51.2 Å². The van der Waals surface area contributed by atoms with Crippen molar-refractivity contribution in [1.82, 2.24) is 0 Å². The minimum Gasteiger partial charge on any atom is -0.299 e. The van der Waals surface area contributed by atoms with Crippen molar-refractivity contribution in [3.8, 4) is 0 Å². The molecule has 2 aromatic rings. The lowest BCUT2D eigenvalue weighted by Crippen LogP contribution is -2.29. The highest BCUT2D eigenvalue weighted by Crippen LogP contribution is 2.32. The Labute approximate surface area is 154 Å². The van der Waals surface area contributed by atoms with Crippen LogP contribution < -0.4 is 0 Å². The molecule has 0 atom stereocenters. The maximum Gasteiger partial charge on any atom is 0.152 e. The fourth-order valence-electron chi connectivity index (χ4n) is 3.64. The van der Waals surface area contributed by atoms with Gasteiger partial charge in [0.15, 0.2) is 9.84 Å². The summed E-state index contributed by atoms with van der Waals surface area (Å²) in [6.07, 6.45) is 3.86. The molecule has 0 bridgehead atoms.